The molecule has 1 aliphatic heterocycles. The highest BCUT2D eigenvalue weighted by Crippen LogP contribution is 2.23. The Balaban J connectivity index is 1.62. The maximum Gasteiger partial charge on any atom is 0.252 e. The van der Waals surface area contributed by atoms with Gasteiger partial charge in [0, 0.05) is 33.1 Å². The lowest BCUT2D eigenvalue weighted by Gasteiger charge is -2.34. The number of piperazine rings is 1. The van der Waals surface area contributed by atoms with Gasteiger partial charge in [0.1, 0.15) is 4.21 Å². The molecule has 1 N–H and O–H groups in total. The standard InChI is InChI=1S/C19H23N3O4S2/c1-15(23)20-17(16-6-3-2-4-7-16)14-18(24)21-9-11-22(12-10-21)28(25,26)19-8-5-13-27-19/h2-8,13,17H,9-12,14H2,1H3,(H,20,23)/t17-/m1/s1. The fourth-order valence-corrected chi connectivity index (χ4v) is 5.77. The average molecular weight is 422 g/mol. The Kier molecular flexibility index (Phi) is 6.48. The molecule has 1 fully saturated rings. The maximum absolute atomic E-state index is 12.8. The van der Waals surface area contributed by atoms with E-state index < -0.39 is 16.1 Å². The number of sulfonamides is 1. The summed E-state index contributed by atoms with van der Waals surface area (Å²) in [6.45, 7) is 2.63. The summed E-state index contributed by atoms with van der Waals surface area (Å²) in [5.74, 6) is -0.302. The minimum atomic E-state index is -3.49. The summed E-state index contributed by atoms with van der Waals surface area (Å²) in [6, 6.07) is 12.3. The van der Waals surface area contributed by atoms with Crippen LogP contribution in [-0.2, 0) is 19.6 Å². The first-order valence-electron chi connectivity index (χ1n) is 9.01. The molecule has 1 aromatic heterocycles. The van der Waals surface area contributed by atoms with Gasteiger partial charge in [-0.05, 0) is 17.0 Å². The molecular formula is C19H23N3O4S2. The van der Waals surface area contributed by atoms with E-state index in [0.717, 1.165) is 5.56 Å². The van der Waals surface area contributed by atoms with E-state index in [-0.39, 0.29) is 31.3 Å². The van der Waals surface area contributed by atoms with Gasteiger partial charge in [0.05, 0.1) is 12.5 Å². The van der Waals surface area contributed by atoms with Crippen molar-refractivity contribution in [2.45, 2.75) is 23.6 Å². The average Bonchev–Trinajstić information content (AvgIpc) is 3.23. The highest BCUT2D eigenvalue weighted by molar-refractivity contribution is 7.91. The van der Waals surface area contributed by atoms with Crippen molar-refractivity contribution in [3.63, 3.8) is 0 Å². The van der Waals surface area contributed by atoms with Crippen LogP contribution in [0, 0.1) is 0 Å². The maximum atomic E-state index is 12.8. The van der Waals surface area contributed by atoms with E-state index in [1.54, 1.807) is 22.4 Å². The second-order valence-electron chi connectivity index (χ2n) is 6.58. The van der Waals surface area contributed by atoms with Gasteiger partial charge in [-0.15, -0.1) is 11.3 Å². The van der Waals surface area contributed by atoms with Crippen molar-refractivity contribution in [3.8, 4) is 0 Å². The minimum absolute atomic E-state index is 0.101. The topological polar surface area (TPSA) is 86.8 Å². The van der Waals surface area contributed by atoms with Gasteiger partial charge in [-0.1, -0.05) is 36.4 Å². The monoisotopic (exact) mass is 421 g/mol. The van der Waals surface area contributed by atoms with Crippen LogP contribution >= 0.6 is 11.3 Å². The first kappa shape index (κ1) is 20.5. The zero-order valence-electron chi connectivity index (χ0n) is 15.6. The van der Waals surface area contributed by atoms with Crippen molar-refractivity contribution < 1.29 is 18.0 Å². The summed E-state index contributed by atoms with van der Waals surface area (Å²) in [4.78, 5) is 26.0. The van der Waals surface area contributed by atoms with Gasteiger partial charge in [-0.3, -0.25) is 9.59 Å². The van der Waals surface area contributed by atoms with Gasteiger partial charge in [0.25, 0.3) is 10.0 Å². The zero-order chi connectivity index (χ0) is 20.1. The number of carbonyl (C=O) groups excluding carboxylic acids is 2. The Morgan fingerprint density at radius 1 is 1.07 bits per heavy atom. The number of nitrogens with zero attached hydrogens (tertiary/aromatic N) is 2. The Labute approximate surface area is 169 Å². The summed E-state index contributed by atoms with van der Waals surface area (Å²) in [6.07, 6.45) is 0.140. The largest absolute Gasteiger partial charge is 0.349 e. The second kappa shape index (κ2) is 8.85. The molecular weight excluding hydrogens is 398 g/mol. The molecule has 9 heteroatoms. The van der Waals surface area contributed by atoms with Crippen LogP contribution in [0.5, 0.6) is 0 Å². The third-order valence-corrected chi connectivity index (χ3v) is 7.91. The number of amides is 2. The van der Waals surface area contributed by atoms with Gasteiger partial charge in [-0.25, -0.2) is 8.42 Å². The number of thiophene rings is 1. The van der Waals surface area contributed by atoms with Crippen LogP contribution in [0.25, 0.3) is 0 Å². The second-order valence-corrected chi connectivity index (χ2v) is 9.70. The Hall–Kier alpha value is -2.23. The van der Waals surface area contributed by atoms with Gasteiger partial charge >= 0.3 is 0 Å². The third kappa shape index (κ3) is 4.78. The molecule has 7 nitrogen and oxygen atoms in total. The molecule has 1 aromatic carbocycles. The fourth-order valence-electron chi connectivity index (χ4n) is 3.20. The van der Waals surface area contributed by atoms with Crippen LogP contribution < -0.4 is 5.32 Å². The van der Waals surface area contributed by atoms with Gasteiger partial charge in [0.15, 0.2) is 0 Å². The lowest BCUT2D eigenvalue weighted by atomic mass is 10.0. The molecule has 2 heterocycles. The molecule has 0 spiro atoms. The van der Waals surface area contributed by atoms with Crippen LogP contribution in [0.3, 0.4) is 0 Å². The highest BCUT2D eigenvalue weighted by atomic mass is 32.2. The lowest BCUT2D eigenvalue weighted by Crippen LogP contribution is -2.50. The van der Waals surface area contributed by atoms with E-state index >= 15 is 0 Å². The summed E-state index contributed by atoms with van der Waals surface area (Å²) < 4.78 is 26.9. The van der Waals surface area contributed by atoms with Crippen molar-refractivity contribution in [2.75, 3.05) is 26.2 Å². The number of hydrogen-bond acceptors (Lipinski definition) is 5. The third-order valence-electron chi connectivity index (χ3n) is 4.64. The summed E-state index contributed by atoms with van der Waals surface area (Å²) in [5, 5.41) is 4.56. The van der Waals surface area contributed by atoms with Gasteiger partial charge in [-0.2, -0.15) is 4.31 Å². The molecule has 0 unspecified atom stereocenters. The van der Waals surface area contributed by atoms with Gasteiger partial charge < -0.3 is 10.2 Å². The van der Waals surface area contributed by atoms with E-state index in [2.05, 4.69) is 5.32 Å². The minimum Gasteiger partial charge on any atom is -0.349 e. The normalized spacial score (nSPS) is 16.5. The van der Waals surface area contributed by atoms with E-state index in [1.807, 2.05) is 30.3 Å². The molecule has 1 saturated heterocycles. The van der Waals surface area contributed by atoms with E-state index in [9.17, 15) is 18.0 Å². The number of rotatable bonds is 6. The molecule has 2 aromatic rings. The molecule has 0 aliphatic carbocycles. The van der Waals surface area contributed by atoms with E-state index in [0.29, 0.717) is 17.3 Å². The first-order valence-corrected chi connectivity index (χ1v) is 11.3. The Morgan fingerprint density at radius 2 is 1.75 bits per heavy atom. The molecule has 2 amide bonds. The van der Waals surface area contributed by atoms with E-state index in [1.165, 1.54) is 22.6 Å². The van der Waals surface area contributed by atoms with Crippen LogP contribution in [0.4, 0.5) is 0 Å². The van der Waals surface area contributed by atoms with Crippen LogP contribution in [0.2, 0.25) is 0 Å². The molecule has 0 bridgehead atoms. The predicted molar refractivity (Wildman–Crippen MR) is 107 cm³/mol. The first-order chi connectivity index (χ1) is 13.4. The predicted octanol–water partition coefficient (Wildman–Crippen LogP) is 1.85. The molecule has 0 saturated carbocycles. The lowest BCUT2D eigenvalue weighted by molar-refractivity contribution is -0.133. The molecule has 0 radical (unpaired) electrons. The Morgan fingerprint density at radius 3 is 2.32 bits per heavy atom. The zero-order valence-corrected chi connectivity index (χ0v) is 17.2. The van der Waals surface area contributed by atoms with Crippen molar-refractivity contribution in [2.24, 2.45) is 0 Å². The van der Waals surface area contributed by atoms with Crippen LogP contribution in [-0.4, -0.2) is 55.6 Å². The molecule has 150 valence electrons. The Bertz CT molecular complexity index is 906. The molecule has 1 aliphatic rings. The number of benzene rings is 1. The molecule has 28 heavy (non-hydrogen) atoms. The van der Waals surface area contributed by atoms with E-state index in [4.69, 9.17) is 0 Å². The van der Waals surface area contributed by atoms with Crippen molar-refractivity contribution >= 4 is 33.2 Å². The fraction of sp³-hybridized carbons (Fsp3) is 0.368. The summed E-state index contributed by atoms with van der Waals surface area (Å²) in [7, 11) is -3.49. The SMILES string of the molecule is CC(=O)N[C@H](CC(=O)N1CCN(S(=O)(=O)c2cccs2)CC1)c1ccccc1. The van der Waals surface area contributed by atoms with Crippen LogP contribution in [0.1, 0.15) is 24.9 Å². The van der Waals surface area contributed by atoms with Crippen molar-refractivity contribution in [1.29, 1.82) is 0 Å². The van der Waals surface area contributed by atoms with Crippen molar-refractivity contribution in [1.82, 2.24) is 14.5 Å². The number of carbonyl (C=O) groups is 2. The smallest absolute Gasteiger partial charge is 0.252 e. The summed E-state index contributed by atoms with van der Waals surface area (Å²) in [5.41, 5.74) is 0.866. The number of hydrogen-bond donors (Lipinski definition) is 1. The summed E-state index contributed by atoms with van der Waals surface area (Å²) >= 11 is 1.19. The van der Waals surface area contributed by atoms with Crippen LogP contribution in [0.15, 0.2) is 52.1 Å². The number of nitrogens with one attached hydrogen (secondary N) is 1. The molecule has 3 rings (SSSR count). The molecule has 1 atom stereocenters. The highest BCUT2D eigenvalue weighted by Gasteiger charge is 2.31. The quantitative estimate of drug-likeness (QED) is 0.771. The van der Waals surface area contributed by atoms with Gasteiger partial charge in [0.2, 0.25) is 11.8 Å². The van der Waals surface area contributed by atoms with Crippen molar-refractivity contribution in [3.05, 3.63) is 53.4 Å².